The summed E-state index contributed by atoms with van der Waals surface area (Å²) in [6.07, 6.45) is 2.09. The van der Waals surface area contributed by atoms with Gasteiger partial charge in [0.15, 0.2) is 9.84 Å². The zero-order chi connectivity index (χ0) is 12.7. The molecule has 0 spiro atoms. The van der Waals surface area contributed by atoms with Crippen molar-refractivity contribution in [3.63, 3.8) is 0 Å². The van der Waals surface area contributed by atoms with Crippen LogP contribution in [0.15, 0.2) is 23.1 Å². The van der Waals surface area contributed by atoms with Gasteiger partial charge in [-0.3, -0.25) is 0 Å². The van der Waals surface area contributed by atoms with Crippen LogP contribution in [0.1, 0.15) is 24.8 Å². The predicted molar refractivity (Wildman–Crippen MR) is 64.0 cm³/mol. The second-order valence-corrected chi connectivity index (χ2v) is 6.97. The van der Waals surface area contributed by atoms with Gasteiger partial charge in [0.1, 0.15) is 5.82 Å². The Kier molecular flexibility index (Phi) is 2.99. The van der Waals surface area contributed by atoms with E-state index >= 15 is 0 Å². The van der Waals surface area contributed by atoms with E-state index in [0.29, 0.717) is 18.4 Å². The minimum atomic E-state index is -3.45. The van der Waals surface area contributed by atoms with Gasteiger partial charge in [-0.2, -0.15) is 0 Å². The summed E-state index contributed by atoms with van der Waals surface area (Å²) in [6, 6.07) is 3.77. The first kappa shape index (κ1) is 12.5. The van der Waals surface area contributed by atoms with Crippen LogP contribution in [0.25, 0.3) is 0 Å². The average molecular weight is 257 g/mol. The maximum Gasteiger partial charge on any atom is 0.185 e. The average Bonchev–Trinajstić information content (AvgIpc) is 2.15. The lowest BCUT2D eigenvalue weighted by atomic mass is 9.84. The summed E-state index contributed by atoms with van der Waals surface area (Å²) in [6.45, 7) is 1.74. The Bertz CT molecular complexity index is 530. The molecule has 0 unspecified atom stereocenters. The first-order valence-corrected chi connectivity index (χ1v) is 7.12. The maximum atomic E-state index is 13.0. The van der Waals surface area contributed by atoms with Gasteiger partial charge >= 0.3 is 0 Å². The Labute approximate surface area is 101 Å². The molecular formula is C12H16FNO2S. The summed E-state index contributed by atoms with van der Waals surface area (Å²) in [5.74, 6) is -0.420. The summed E-state index contributed by atoms with van der Waals surface area (Å²) < 4.78 is 37.2. The molecule has 17 heavy (non-hydrogen) atoms. The van der Waals surface area contributed by atoms with Crippen molar-refractivity contribution < 1.29 is 12.8 Å². The molecule has 2 N–H and O–H groups in total. The lowest BCUT2D eigenvalue weighted by Crippen LogP contribution is -2.51. The van der Waals surface area contributed by atoms with E-state index in [1.165, 1.54) is 18.2 Å². The topological polar surface area (TPSA) is 60.2 Å². The van der Waals surface area contributed by atoms with Gasteiger partial charge < -0.3 is 5.73 Å². The van der Waals surface area contributed by atoms with E-state index in [1.807, 2.05) is 0 Å². The largest absolute Gasteiger partial charge is 0.329 e. The van der Waals surface area contributed by atoms with Gasteiger partial charge in [-0.05, 0) is 43.5 Å². The Morgan fingerprint density at radius 2 is 2.06 bits per heavy atom. The molecule has 3 nitrogen and oxygen atoms in total. The molecule has 0 heterocycles. The number of halogens is 1. The minimum Gasteiger partial charge on any atom is -0.329 e. The second kappa shape index (κ2) is 4.07. The van der Waals surface area contributed by atoms with E-state index in [-0.39, 0.29) is 11.4 Å². The molecular weight excluding hydrogens is 241 g/mol. The molecule has 1 aliphatic rings. The highest BCUT2D eigenvalue weighted by atomic mass is 32.2. The van der Waals surface area contributed by atoms with Gasteiger partial charge in [-0.15, -0.1) is 0 Å². The molecule has 0 amide bonds. The predicted octanol–water partition coefficient (Wildman–Crippen LogP) is 1.79. The van der Waals surface area contributed by atoms with E-state index < -0.39 is 20.4 Å². The monoisotopic (exact) mass is 257 g/mol. The molecule has 0 bridgehead atoms. The normalized spacial score (nSPS) is 18.8. The van der Waals surface area contributed by atoms with Gasteiger partial charge in [0.05, 0.1) is 9.64 Å². The summed E-state index contributed by atoms with van der Waals surface area (Å²) in [7, 11) is -3.45. The quantitative estimate of drug-likeness (QED) is 0.840. The number of nitrogens with two attached hydrogens (primary N) is 1. The fourth-order valence-corrected chi connectivity index (χ4v) is 4.54. The van der Waals surface area contributed by atoms with Gasteiger partial charge in [-0.25, -0.2) is 12.8 Å². The van der Waals surface area contributed by atoms with Crippen LogP contribution in [0.4, 0.5) is 4.39 Å². The van der Waals surface area contributed by atoms with Crippen LogP contribution >= 0.6 is 0 Å². The Morgan fingerprint density at radius 1 is 1.41 bits per heavy atom. The van der Waals surface area contributed by atoms with Crippen LogP contribution in [0.5, 0.6) is 0 Å². The third-order valence-corrected chi connectivity index (χ3v) is 6.39. The zero-order valence-corrected chi connectivity index (χ0v) is 10.6. The van der Waals surface area contributed by atoms with E-state index in [0.717, 1.165) is 6.42 Å². The highest BCUT2D eigenvalue weighted by Gasteiger charge is 2.48. The minimum absolute atomic E-state index is 0.131. The smallest absolute Gasteiger partial charge is 0.185 e. The molecule has 0 aliphatic heterocycles. The molecule has 0 aromatic heterocycles. The molecule has 1 fully saturated rings. The number of sulfone groups is 1. The molecule has 0 radical (unpaired) electrons. The number of hydrogen-bond donors (Lipinski definition) is 1. The molecule has 94 valence electrons. The third kappa shape index (κ3) is 1.77. The second-order valence-electron chi connectivity index (χ2n) is 4.65. The van der Waals surface area contributed by atoms with Crippen LogP contribution in [-0.4, -0.2) is 19.7 Å². The van der Waals surface area contributed by atoms with Crippen molar-refractivity contribution in [3.8, 4) is 0 Å². The van der Waals surface area contributed by atoms with Crippen molar-refractivity contribution in [2.24, 2.45) is 5.73 Å². The number of benzene rings is 1. The van der Waals surface area contributed by atoms with Crippen LogP contribution < -0.4 is 5.73 Å². The van der Waals surface area contributed by atoms with Crippen molar-refractivity contribution in [1.82, 2.24) is 0 Å². The number of hydrogen-bond acceptors (Lipinski definition) is 3. The summed E-state index contributed by atoms with van der Waals surface area (Å²) >= 11 is 0. The SMILES string of the molecule is Cc1cc(F)ccc1S(=O)(=O)C1(CN)CCC1. The van der Waals surface area contributed by atoms with Crippen molar-refractivity contribution >= 4 is 9.84 Å². The molecule has 1 saturated carbocycles. The van der Waals surface area contributed by atoms with E-state index in [2.05, 4.69) is 0 Å². The summed E-state index contributed by atoms with van der Waals surface area (Å²) in [4.78, 5) is 0.212. The fraction of sp³-hybridized carbons (Fsp3) is 0.500. The Hall–Kier alpha value is -0.940. The first-order valence-electron chi connectivity index (χ1n) is 5.64. The number of aryl methyl sites for hydroxylation is 1. The van der Waals surface area contributed by atoms with Gasteiger partial charge in [0.2, 0.25) is 0 Å². The molecule has 0 atom stereocenters. The van der Waals surface area contributed by atoms with Crippen LogP contribution in [-0.2, 0) is 9.84 Å². The highest BCUT2D eigenvalue weighted by molar-refractivity contribution is 7.93. The van der Waals surface area contributed by atoms with Gasteiger partial charge in [0, 0.05) is 6.54 Å². The molecule has 1 aromatic rings. The van der Waals surface area contributed by atoms with Crippen LogP contribution in [0.3, 0.4) is 0 Å². The third-order valence-electron chi connectivity index (χ3n) is 3.63. The van der Waals surface area contributed by atoms with Crippen molar-refractivity contribution in [3.05, 3.63) is 29.6 Å². The highest BCUT2D eigenvalue weighted by Crippen LogP contribution is 2.42. The van der Waals surface area contributed by atoms with Crippen molar-refractivity contribution in [1.29, 1.82) is 0 Å². The fourth-order valence-electron chi connectivity index (χ4n) is 2.30. The van der Waals surface area contributed by atoms with E-state index in [4.69, 9.17) is 5.73 Å². The molecule has 2 rings (SSSR count). The van der Waals surface area contributed by atoms with Crippen LogP contribution in [0.2, 0.25) is 0 Å². The maximum absolute atomic E-state index is 13.0. The zero-order valence-electron chi connectivity index (χ0n) is 9.74. The van der Waals surface area contributed by atoms with Gasteiger partial charge in [0.25, 0.3) is 0 Å². The lowest BCUT2D eigenvalue weighted by molar-refractivity contribution is 0.344. The van der Waals surface area contributed by atoms with Crippen molar-refractivity contribution in [2.75, 3.05) is 6.54 Å². The Morgan fingerprint density at radius 3 is 2.47 bits per heavy atom. The first-order chi connectivity index (χ1) is 7.93. The van der Waals surface area contributed by atoms with E-state index in [9.17, 15) is 12.8 Å². The van der Waals surface area contributed by atoms with E-state index in [1.54, 1.807) is 6.92 Å². The molecule has 1 aliphatic carbocycles. The summed E-state index contributed by atoms with van der Waals surface area (Å²) in [5.41, 5.74) is 6.07. The van der Waals surface area contributed by atoms with Crippen molar-refractivity contribution in [2.45, 2.75) is 35.8 Å². The van der Waals surface area contributed by atoms with Gasteiger partial charge in [-0.1, -0.05) is 6.42 Å². The van der Waals surface area contributed by atoms with Crippen LogP contribution in [0, 0.1) is 12.7 Å². The Balaban J connectivity index is 2.52. The lowest BCUT2D eigenvalue weighted by Gasteiger charge is -2.40. The number of rotatable bonds is 3. The standard InChI is InChI=1S/C12H16FNO2S/c1-9-7-10(13)3-4-11(9)17(15,16)12(8-14)5-2-6-12/h3-4,7H,2,5-6,8,14H2,1H3. The molecule has 0 saturated heterocycles. The summed E-state index contributed by atoms with van der Waals surface area (Å²) in [5, 5.41) is 0. The molecule has 5 heteroatoms. The molecule has 1 aromatic carbocycles.